The highest BCUT2D eigenvalue weighted by atomic mass is 32.2. The van der Waals surface area contributed by atoms with Crippen LogP contribution < -0.4 is 9.47 Å². The summed E-state index contributed by atoms with van der Waals surface area (Å²) in [4.78, 5) is 0. The molecular weight excluding hydrogens is 304 g/mol. The largest absolute Gasteiger partial charge is 0.491 e. The smallest absolute Gasteiger partial charge is 0.264 e. The zero-order chi connectivity index (χ0) is 16.8. The molecule has 0 saturated heterocycles. The monoisotopic (exact) mass is 330 g/mol. The molecule has 0 aromatic heterocycles. The van der Waals surface area contributed by atoms with E-state index in [1.165, 1.54) is 0 Å². The van der Waals surface area contributed by atoms with Gasteiger partial charge in [-0.05, 0) is 51.5 Å². The van der Waals surface area contributed by atoms with Crippen LogP contribution in [-0.4, -0.2) is 33.0 Å². The predicted octanol–water partition coefficient (Wildman–Crippen LogP) is 3.39. The summed E-state index contributed by atoms with van der Waals surface area (Å²) in [6.07, 6.45) is 2.09. The fraction of sp³-hybridized carbons (Fsp3) is 0.625. The van der Waals surface area contributed by atoms with Crippen molar-refractivity contribution < 1.29 is 22.1 Å². The van der Waals surface area contributed by atoms with Gasteiger partial charge in [0.2, 0.25) is 0 Å². The van der Waals surface area contributed by atoms with E-state index in [4.69, 9.17) is 13.7 Å². The van der Waals surface area contributed by atoms with Crippen molar-refractivity contribution in [1.82, 2.24) is 0 Å². The van der Waals surface area contributed by atoms with E-state index in [0.29, 0.717) is 6.42 Å². The van der Waals surface area contributed by atoms with Crippen molar-refractivity contribution in [2.45, 2.75) is 58.8 Å². The molecule has 0 bridgehead atoms. The lowest BCUT2D eigenvalue weighted by molar-refractivity contribution is 0.136. The predicted molar refractivity (Wildman–Crippen MR) is 86.9 cm³/mol. The molecule has 0 aliphatic rings. The van der Waals surface area contributed by atoms with Gasteiger partial charge < -0.3 is 9.47 Å². The van der Waals surface area contributed by atoms with Crippen molar-refractivity contribution in [1.29, 1.82) is 0 Å². The maximum absolute atomic E-state index is 11.1. The van der Waals surface area contributed by atoms with Gasteiger partial charge in [0, 0.05) is 6.42 Å². The zero-order valence-electron chi connectivity index (χ0n) is 13.9. The first-order valence-corrected chi connectivity index (χ1v) is 9.33. The summed E-state index contributed by atoms with van der Waals surface area (Å²) in [5.74, 6) is 1.53. The van der Waals surface area contributed by atoms with Gasteiger partial charge in [0.25, 0.3) is 10.1 Å². The van der Waals surface area contributed by atoms with Gasteiger partial charge in [-0.3, -0.25) is 4.18 Å². The zero-order valence-corrected chi connectivity index (χ0v) is 14.7. The first-order chi connectivity index (χ1) is 10.2. The average molecular weight is 330 g/mol. The molecule has 0 aliphatic carbocycles. The van der Waals surface area contributed by atoms with Gasteiger partial charge in [-0.15, -0.1) is 0 Å². The molecule has 0 fully saturated rings. The summed E-state index contributed by atoms with van der Waals surface area (Å²) in [5.41, 5.74) is 0. The molecule has 22 heavy (non-hydrogen) atoms. The van der Waals surface area contributed by atoms with Crippen LogP contribution in [-0.2, 0) is 14.3 Å². The molecule has 3 atom stereocenters. The fourth-order valence-corrected chi connectivity index (χ4v) is 2.67. The molecule has 126 valence electrons. The van der Waals surface area contributed by atoms with Gasteiger partial charge in [-0.25, -0.2) is 0 Å². The third kappa shape index (κ3) is 7.66. The molecule has 1 aromatic rings. The number of hydrogen-bond donors (Lipinski definition) is 0. The summed E-state index contributed by atoms with van der Waals surface area (Å²) in [6.45, 7) is 7.69. The van der Waals surface area contributed by atoms with Crippen molar-refractivity contribution in [3.8, 4) is 11.5 Å². The van der Waals surface area contributed by atoms with Crippen molar-refractivity contribution in [3.63, 3.8) is 0 Å². The Morgan fingerprint density at radius 3 is 1.77 bits per heavy atom. The summed E-state index contributed by atoms with van der Waals surface area (Å²) in [6, 6.07) is 7.42. The fourth-order valence-electron chi connectivity index (χ4n) is 2.00. The number of hydrogen-bond acceptors (Lipinski definition) is 5. The van der Waals surface area contributed by atoms with Crippen molar-refractivity contribution in [2.75, 3.05) is 6.26 Å². The Morgan fingerprint density at radius 2 is 1.36 bits per heavy atom. The molecular formula is C16H26O5S. The minimum Gasteiger partial charge on any atom is -0.491 e. The molecule has 5 nitrogen and oxygen atoms in total. The lowest BCUT2D eigenvalue weighted by Crippen LogP contribution is -2.22. The van der Waals surface area contributed by atoms with E-state index < -0.39 is 16.2 Å². The lowest BCUT2D eigenvalue weighted by Gasteiger charge is -2.19. The van der Waals surface area contributed by atoms with Crippen LogP contribution >= 0.6 is 0 Å². The molecule has 3 unspecified atom stereocenters. The third-order valence-electron chi connectivity index (χ3n) is 3.08. The minimum absolute atomic E-state index is 0.155. The van der Waals surface area contributed by atoms with Crippen molar-refractivity contribution >= 4 is 10.1 Å². The Kier molecular flexibility index (Phi) is 7.16. The average Bonchev–Trinajstić information content (AvgIpc) is 2.38. The quantitative estimate of drug-likeness (QED) is 0.650. The summed E-state index contributed by atoms with van der Waals surface area (Å²) < 4.78 is 38.5. The normalized spacial score (nSPS) is 15.9. The van der Waals surface area contributed by atoms with Crippen LogP contribution in [0.15, 0.2) is 24.3 Å². The van der Waals surface area contributed by atoms with E-state index in [2.05, 4.69) is 6.92 Å². The molecule has 1 rings (SSSR count). The van der Waals surface area contributed by atoms with Crippen LogP contribution in [0.25, 0.3) is 0 Å². The molecule has 6 heteroatoms. The molecule has 0 radical (unpaired) electrons. The lowest BCUT2D eigenvalue weighted by atomic mass is 10.2. The second kappa shape index (κ2) is 8.39. The van der Waals surface area contributed by atoms with Crippen LogP contribution in [0.3, 0.4) is 0 Å². The van der Waals surface area contributed by atoms with Gasteiger partial charge in [0.05, 0.1) is 24.6 Å². The van der Waals surface area contributed by atoms with Crippen LogP contribution in [0.5, 0.6) is 11.5 Å². The molecule has 0 aliphatic heterocycles. The third-order valence-corrected chi connectivity index (χ3v) is 3.75. The highest BCUT2D eigenvalue weighted by molar-refractivity contribution is 7.86. The molecule has 1 aromatic carbocycles. The topological polar surface area (TPSA) is 61.8 Å². The number of benzene rings is 1. The molecule has 0 amide bonds. The van der Waals surface area contributed by atoms with Gasteiger partial charge in [-0.2, -0.15) is 8.42 Å². The van der Waals surface area contributed by atoms with E-state index >= 15 is 0 Å². The summed E-state index contributed by atoms with van der Waals surface area (Å²) >= 11 is 0. The highest BCUT2D eigenvalue weighted by Crippen LogP contribution is 2.21. The van der Waals surface area contributed by atoms with Crippen LogP contribution in [0.4, 0.5) is 0 Å². The Morgan fingerprint density at radius 1 is 0.909 bits per heavy atom. The van der Waals surface area contributed by atoms with Crippen LogP contribution in [0, 0.1) is 0 Å². The molecule has 0 spiro atoms. The summed E-state index contributed by atoms with van der Waals surface area (Å²) in [5, 5.41) is 0. The van der Waals surface area contributed by atoms with Gasteiger partial charge in [0.15, 0.2) is 0 Å². The second-order valence-electron chi connectivity index (χ2n) is 5.58. The van der Waals surface area contributed by atoms with Crippen LogP contribution in [0.1, 0.15) is 40.5 Å². The van der Waals surface area contributed by atoms with E-state index in [0.717, 1.165) is 24.2 Å². The Balaban J connectivity index is 2.49. The standard InChI is InChI=1S/C16H26O5S/c1-6-12(2)19-15-7-9-16(10-8-15)20-13(3)11-14(4)21-22(5,17)18/h7-10,12-14H,6,11H2,1-5H3. The van der Waals surface area contributed by atoms with Gasteiger partial charge in [-0.1, -0.05) is 6.92 Å². The van der Waals surface area contributed by atoms with Crippen molar-refractivity contribution in [2.24, 2.45) is 0 Å². The maximum atomic E-state index is 11.1. The summed E-state index contributed by atoms with van der Waals surface area (Å²) in [7, 11) is -3.43. The maximum Gasteiger partial charge on any atom is 0.264 e. The van der Waals surface area contributed by atoms with E-state index in [1.807, 2.05) is 38.1 Å². The van der Waals surface area contributed by atoms with Gasteiger partial charge in [0.1, 0.15) is 11.5 Å². The number of ether oxygens (including phenoxy) is 2. The SMILES string of the molecule is CCC(C)Oc1ccc(OC(C)CC(C)OS(C)(=O)=O)cc1. The van der Waals surface area contributed by atoms with Crippen molar-refractivity contribution in [3.05, 3.63) is 24.3 Å². The van der Waals surface area contributed by atoms with E-state index in [-0.39, 0.29) is 12.2 Å². The molecule has 0 saturated carbocycles. The van der Waals surface area contributed by atoms with E-state index in [9.17, 15) is 8.42 Å². The first kappa shape index (κ1) is 18.8. The Labute approximate surface area is 133 Å². The van der Waals surface area contributed by atoms with Gasteiger partial charge >= 0.3 is 0 Å². The second-order valence-corrected chi connectivity index (χ2v) is 7.18. The molecule has 0 N–H and O–H groups in total. The highest BCUT2D eigenvalue weighted by Gasteiger charge is 2.15. The van der Waals surface area contributed by atoms with Crippen LogP contribution in [0.2, 0.25) is 0 Å². The Bertz CT molecular complexity index is 538. The molecule has 0 heterocycles. The Hall–Kier alpha value is -1.27. The number of rotatable bonds is 9. The minimum atomic E-state index is -3.43. The van der Waals surface area contributed by atoms with E-state index in [1.54, 1.807) is 6.92 Å². The first-order valence-electron chi connectivity index (χ1n) is 7.51.